The number of aromatic amines is 1. The largest absolute Gasteiger partial charge is 0.457 e. The highest BCUT2D eigenvalue weighted by atomic mass is 79.9. The van der Waals surface area contributed by atoms with Gasteiger partial charge >= 0.3 is 0 Å². The molecule has 2 aromatic carbocycles. The average molecular weight is 441 g/mol. The number of thiophene rings is 1. The molecule has 4 aromatic rings. The molecule has 2 heterocycles. The van der Waals surface area contributed by atoms with Crippen molar-refractivity contribution in [1.82, 2.24) is 4.98 Å². The Morgan fingerprint density at radius 3 is 2.56 bits per heavy atom. The van der Waals surface area contributed by atoms with Gasteiger partial charge < -0.3 is 15.5 Å². The third-order valence-electron chi connectivity index (χ3n) is 4.56. The van der Waals surface area contributed by atoms with Gasteiger partial charge in [0.25, 0.3) is 0 Å². The molecule has 3 N–H and O–H groups in total. The van der Waals surface area contributed by atoms with Crippen molar-refractivity contribution in [2.45, 2.75) is 19.3 Å². The lowest BCUT2D eigenvalue weighted by Gasteiger charge is -2.07. The van der Waals surface area contributed by atoms with E-state index in [1.165, 1.54) is 21.5 Å². The molecule has 27 heavy (non-hydrogen) atoms. The molecule has 2 aromatic heterocycles. The lowest BCUT2D eigenvalue weighted by Crippen LogP contribution is -1.99. The van der Waals surface area contributed by atoms with Gasteiger partial charge in [-0.05, 0) is 89.8 Å². The van der Waals surface area contributed by atoms with Crippen LogP contribution in [-0.2, 0) is 6.42 Å². The van der Waals surface area contributed by atoms with E-state index in [1.54, 1.807) is 11.3 Å². The zero-order valence-corrected chi connectivity index (χ0v) is 17.3. The van der Waals surface area contributed by atoms with Gasteiger partial charge in [-0.3, -0.25) is 0 Å². The standard InChI is InChI=1S/C22H21BrN2OS/c23-21-12-11-20(27-21)22-17(8-4-5-13-24)18-14-16(9-10-19(18)25-22)26-15-6-2-1-3-7-15/h1-3,6-7,9-12,14,25H,4-5,8,13,24H2. The van der Waals surface area contributed by atoms with Crippen molar-refractivity contribution in [3.63, 3.8) is 0 Å². The number of nitrogens with one attached hydrogen (secondary N) is 1. The van der Waals surface area contributed by atoms with E-state index in [-0.39, 0.29) is 0 Å². The highest BCUT2D eigenvalue weighted by Gasteiger charge is 2.15. The minimum absolute atomic E-state index is 0.727. The van der Waals surface area contributed by atoms with Crippen molar-refractivity contribution in [3.05, 3.63) is 70.0 Å². The van der Waals surface area contributed by atoms with Crippen LogP contribution in [0, 0.1) is 0 Å². The maximum absolute atomic E-state index is 6.05. The smallest absolute Gasteiger partial charge is 0.128 e. The second-order valence-corrected chi connectivity index (χ2v) is 8.91. The van der Waals surface area contributed by atoms with Crippen LogP contribution in [0.4, 0.5) is 0 Å². The first-order valence-electron chi connectivity index (χ1n) is 9.08. The summed E-state index contributed by atoms with van der Waals surface area (Å²) in [5.74, 6) is 1.70. The molecule has 5 heteroatoms. The summed E-state index contributed by atoms with van der Waals surface area (Å²) in [5, 5.41) is 1.22. The molecular weight excluding hydrogens is 420 g/mol. The number of aryl methyl sites for hydroxylation is 1. The number of unbranched alkanes of at least 4 members (excludes halogenated alkanes) is 1. The second-order valence-electron chi connectivity index (χ2n) is 6.45. The fourth-order valence-corrected chi connectivity index (χ4v) is 4.69. The fourth-order valence-electron chi connectivity index (χ4n) is 3.28. The molecule has 138 valence electrons. The summed E-state index contributed by atoms with van der Waals surface area (Å²) < 4.78 is 7.18. The molecule has 0 unspecified atom stereocenters. The highest BCUT2D eigenvalue weighted by Crippen LogP contribution is 2.38. The molecule has 4 rings (SSSR count). The van der Waals surface area contributed by atoms with E-state index in [0.29, 0.717) is 0 Å². The van der Waals surface area contributed by atoms with Crippen molar-refractivity contribution in [3.8, 4) is 22.1 Å². The Morgan fingerprint density at radius 1 is 0.963 bits per heavy atom. The maximum Gasteiger partial charge on any atom is 0.128 e. The number of rotatable bonds is 7. The van der Waals surface area contributed by atoms with Crippen molar-refractivity contribution in [2.24, 2.45) is 5.73 Å². The van der Waals surface area contributed by atoms with E-state index in [1.807, 2.05) is 36.4 Å². The molecule has 0 bridgehead atoms. The van der Waals surface area contributed by atoms with Gasteiger partial charge in [0, 0.05) is 10.9 Å². The van der Waals surface area contributed by atoms with Gasteiger partial charge in [0.05, 0.1) is 14.4 Å². The van der Waals surface area contributed by atoms with Crippen LogP contribution < -0.4 is 10.5 Å². The van der Waals surface area contributed by atoms with Gasteiger partial charge in [0.2, 0.25) is 0 Å². The van der Waals surface area contributed by atoms with Crippen LogP contribution in [0.1, 0.15) is 18.4 Å². The molecule has 0 amide bonds. The third-order valence-corrected chi connectivity index (χ3v) is 6.20. The Morgan fingerprint density at radius 2 is 1.81 bits per heavy atom. The van der Waals surface area contributed by atoms with Crippen LogP contribution >= 0.6 is 27.3 Å². The second kappa shape index (κ2) is 8.30. The van der Waals surface area contributed by atoms with E-state index in [9.17, 15) is 0 Å². The Hall–Kier alpha value is -2.08. The number of aromatic nitrogens is 1. The summed E-state index contributed by atoms with van der Waals surface area (Å²) in [7, 11) is 0. The number of para-hydroxylation sites is 1. The van der Waals surface area contributed by atoms with E-state index >= 15 is 0 Å². The molecule has 0 aliphatic heterocycles. The first kappa shape index (κ1) is 18.3. The van der Waals surface area contributed by atoms with E-state index in [4.69, 9.17) is 10.5 Å². The van der Waals surface area contributed by atoms with Gasteiger partial charge in [-0.1, -0.05) is 18.2 Å². The Labute approximate surface area is 171 Å². The lowest BCUT2D eigenvalue weighted by molar-refractivity contribution is 0.483. The lowest BCUT2D eigenvalue weighted by atomic mass is 10.0. The summed E-state index contributed by atoms with van der Waals surface area (Å²) in [4.78, 5) is 4.86. The number of nitrogens with two attached hydrogens (primary N) is 1. The third kappa shape index (κ3) is 4.10. The first-order valence-corrected chi connectivity index (χ1v) is 10.7. The number of ether oxygens (including phenoxy) is 1. The number of hydrogen-bond donors (Lipinski definition) is 2. The zero-order chi connectivity index (χ0) is 18.6. The van der Waals surface area contributed by atoms with Gasteiger partial charge in [-0.25, -0.2) is 0 Å². The molecule has 0 spiro atoms. The van der Waals surface area contributed by atoms with Crippen molar-refractivity contribution < 1.29 is 4.74 Å². The molecule has 0 saturated carbocycles. The van der Waals surface area contributed by atoms with Crippen LogP contribution in [-0.4, -0.2) is 11.5 Å². The predicted molar refractivity (Wildman–Crippen MR) is 118 cm³/mol. The van der Waals surface area contributed by atoms with Crippen LogP contribution in [0.15, 0.2) is 64.5 Å². The minimum atomic E-state index is 0.727. The summed E-state index contributed by atoms with van der Waals surface area (Å²) >= 11 is 5.32. The average Bonchev–Trinajstić information content (AvgIpc) is 3.26. The Kier molecular flexibility index (Phi) is 5.62. The van der Waals surface area contributed by atoms with E-state index < -0.39 is 0 Å². The summed E-state index contributed by atoms with van der Waals surface area (Å²) in [6, 6.07) is 20.4. The number of halogens is 1. The van der Waals surface area contributed by atoms with Gasteiger partial charge in [0.1, 0.15) is 11.5 Å². The van der Waals surface area contributed by atoms with Gasteiger partial charge in [0.15, 0.2) is 0 Å². The monoisotopic (exact) mass is 440 g/mol. The van der Waals surface area contributed by atoms with Crippen LogP contribution in [0.5, 0.6) is 11.5 Å². The number of benzene rings is 2. The highest BCUT2D eigenvalue weighted by molar-refractivity contribution is 9.11. The SMILES string of the molecule is NCCCCc1c(-c2ccc(Br)s2)[nH]c2ccc(Oc3ccccc3)cc12. The van der Waals surface area contributed by atoms with Crippen LogP contribution in [0.3, 0.4) is 0 Å². The minimum Gasteiger partial charge on any atom is -0.457 e. The van der Waals surface area contributed by atoms with E-state index in [2.05, 4.69) is 45.2 Å². The summed E-state index contributed by atoms with van der Waals surface area (Å²) in [5.41, 5.74) is 9.39. The predicted octanol–water partition coefficient (Wildman–Crippen LogP) is 6.73. The molecule has 0 saturated heterocycles. The first-order chi connectivity index (χ1) is 13.2. The van der Waals surface area contributed by atoms with Gasteiger partial charge in [-0.2, -0.15) is 0 Å². The molecule has 3 nitrogen and oxygen atoms in total. The molecule has 0 atom stereocenters. The topological polar surface area (TPSA) is 51.0 Å². The molecule has 0 radical (unpaired) electrons. The zero-order valence-electron chi connectivity index (χ0n) is 14.9. The number of hydrogen-bond acceptors (Lipinski definition) is 3. The summed E-state index contributed by atoms with van der Waals surface area (Å²) in [6.07, 6.45) is 3.10. The van der Waals surface area contributed by atoms with E-state index in [0.717, 1.165) is 46.6 Å². The van der Waals surface area contributed by atoms with Crippen LogP contribution in [0.2, 0.25) is 0 Å². The summed E-state index contributed by atoms with van der Waals surface area (Å²) in [6.45, 7) is 0.727. The van der Waals surface area contributed by atoms with Crippen molar-refractivity contribution in [1.29, 1.82) is 0 Å². The van der Waals surface area contributed by atoms with Crippen molar-refractivity contribution >= 4 is 38.2 Å². The van der Waals surface area contributed by atoms with Crippen LogP contribution in [0.25, 0.3) is 21.5 Å². The normalized spacial score (nSPS) is 11.2. The maximum atomic E-state index is 6.05. The fraction of sp³-hybridized carbons (Fsp3) is 0.182. The quantitative estimate of drug-likeness (QED) is 0.312. The van der Waals surface area contributed by atoms with Crippen molar-refractivity contribution in [2.75, 3.05) is 6.54 Å². The molecule has 0 fully saturated rings. The Bertz CT molecular complexity index is 1040. The molecule has 0 aliphatic carbocycles. The molecular formula is C22H21BrN2OS. The Balaban J connectivity index is 1.75. The number of H-pyrrole nitrogens is 1. The molecule has 0 aliphatic rings. The van der Waals surface area contributed by atoms with Gasteiger partial charge in [-0.15, -0.1) is 11.3 Å². The number of fused-ring (bicyclic) bond motifs is 1.